The second-order valence-electron chi connectivity index (χ2n) is 9.08. The van der Waals surface area contributed by atoms with E-state index in [0.29, 0.717) is 31.2 Å². The fourth-order valence-electron chi connectivity index (χ4n) is 3.94. The summed E-state index contributed by atoms with van der Waals surface area (Å²) in [5, 5.41) is 7.97. The zero-order valence-corrected chi connectivity index (χ0v) is 21.9. The van der Waals surface area contributed by atoms with Crippen molar-refractivity contribution >= 4 is 43.4 Å². The van der Waals surface area contributed by atoms with Crippen LogP contribution in [0.25, 0.3) is 0 Å². The summed E-state index contributed by atoms with van der Waals surface area (Å²) in [5.41, 5.74) is 1.65. The van der Waals surface area contributed by atoms with Crippen LogP contribution in [0.1, 0.15) is 38.3 Å². The lowest BCUT2D eigenvalue weighted by molar-refractivity contribution is 0.146. The Balaban J connectivity index is 1.40. The second kappa shape index (κ2) is 10.0. The highest BCUT2D eigenvalue weighted by Crippen LogP contribution is 2.38. The first kappa shape index (κ1) is 24.1. The molecule has 0 radical (unpaired) electrons. The molecule has 1 aliphatic carbocycles. The monoisotopic (exact) mass is 541 g/mol. The molecule has 2 aliphatic rings. The molecule has 4 rings (SSSR count). The van der Waals surface area contributed by atoms with E-state index in [-0.39, 0.29) is 10.4 Å². The van der Waals surface area contributed by atoms with Crippen molar-refractivity contribution in [2.75, 3.05) is 43.0 Å². The number of nitrogens with one attached hydrogen (secondary N) is 2. The third kappa shape index (κ3) is 6.08. The van der Waals surface area contributed by atoms with Crippen molar-refractivity contribution in [2.24, 2.45) is 0 Å². The maximum absolute atomic E-state index is 13.1. The van der Waals surface area contributed by atoms with Gasteiger partial charge in [-0.05, 0) is 51.0 Å². The predicted molar refractivity (Wildman–Crippen MR) is 135 cm³/mol. The van der Waals surface area contributed by atoms with Gasteiger partial charge in [-0.15, -0.1) is 0 Å². The van der Waals surface area contributed by atoms with Crippen LogP contribution in [0.15, 0.2) is 39.8 Å². The topological polar surface area (TPSA) is 79.3 Å². The minimum absolute atomic E-state index is 0.0723. The molecule has 0 amide bonds. The van der Waals surface area contributed by atoms with Crippen LogP contribution in [-0.4, -0.2) is 66.3 Å². The molecular weight excluding hydrogens is 510 g/mol. The Kier molecular flexibility index (Phi) is 7.56. The lowest BCUT2D eigenvalue weighted by atomic mass is 10.0. The van der Waals surface area contributed by atoms with Crippen molar-refractivity contribution < 1.29 is 8.42 Å². The van der Waals surface area contributed by atoms with E-state index < -0.39 is 10.0 Å². The third-order valence-corrected chi connectivity index (χ3v) is 9.05. The molecule has 1 aromatic carbocycles. The molecule has 2 fully saturated rings. The summed E-state index contributed by atoms with van der Waals surface area (Å²) in [6, 6.07) is 7.29. The number of hydrogen-bond donors (Lipinski definition) is 2. The van der Waals surface area contributed by atoms with Crippen molar-refractivity contribution in [3.63, 3.8) is 0 Å². The molecule has 1 saturated heterocycles. The van der Waals surface area contributed by atoms with Gasteiger partial charge in [0.2, 0.25) is 10.0 Å². The summed E-state index contributed by atoms with van der Waals surface area (Å²) in [6.45, 7) is 7.99. The Hall–Kier alpha value is -1.07. The maximum Gasteiger partial charge on any atom is 0.242 e. The summed E-state index contributed by atoms with van der Waals surface area (Å²) in [5.74, 6) is 2.88. The SMILES string of the molecule is CC(C)(CNc1cc(Br)ccc1S(=O)(=O)NCCn1ccc(C2CC2)n1)N1CCSCC1. The highest BCUT2D eigenvalue weighted by Gasteiger charge is 2.29. The van der Waals surface area contributed by atoms with E-state index in [0.717, 1.165) is 34.8 Å². The molecule has 1 aliphatic heterocycles. The molecule has 0 spiro atoms. The molecule has 1 aromatic heterocycles. The third-order valence-electron chi connectivity index (χ3n) is 6.10. The van der Waals surface area contributed by atoms with Gasteiger partial charge in [0.05, 0.1) is 17.9 Å². The van der Waals surface area contributed by atoms with Crippen molar-refractivity contribution in [2.45, 2.75) is 49.6 Å². The van der Waals surface area contributed by atoms with E-state index in [1.807, 2.05) is 34.8 Å². The number of benzene rings is 1. The molecular formula is C22H32BrN5O2S2. The van der Waals surface area contributed by atoms with Gasteiger partial charge in [-0.1, -0.05) is 15.9 Å². The molecule has 176 valence electrons. The Morgan fingerprint density at radius 3 is 2.69 bits per heavy atom. The molecule has 0 bridgehead atoms. The second-order valence-corrected chi connectivity index (χ2v) is 13.0. The minimum Gasteiger partial charge on any atom is -0.382 e. The number of hydrogen-bond acceptors (Lipinski definition) is 6. The number of halogens is 1. The van der Waals surface area contributed by atoms with Crippen LogP contribution in [0.2, 0.25) is 0 Å². The lowest BCUT2D eigenvalue weighted by Crippen LogP contribution is -2.52. The van der Waals surface area contributed by atoms with E-state index in [9.17, 15) is 8.42 Å². The zero-order valence-electron chi connectivity index (χ0n) is 18.7. The normalized spacial score (nSPS) is 18.1. The first-order chi connectivity index (χ1) is 15.2. The molecule has 2 N–H and O–H groups in total. The largest absolute Gasteiger partial charge is 0.382 e. The lowest BCUT2D eigenvalue weighted by Gasteiger charge is -2.41. The van der Waals surface area contributed by atoms with Gasteiger partial charge in [-0.2, -0.15) is 16.9 Å². The fourth-order valence-corrected chi connectivity index (χ4v) is 6.39. The molecule has 10 heteroatoms. The van der Waals surface area contributed by atoms with Crippen LogP contribution in [0.3, 0.4) is 0 Å². The molecule has 7 nitrogen and oxygen atoms in total. The van der Waals surface area contributed by atoms with Gasteiger partial charge in [-0.3, -0.25) is 9.58 Å². The number of nitrogens with zero attached hydrogens (tertiary/aromatic N) is 3. The molecule has 1 saturated carbocycles. The van der Waals surface area contributed by atoms with Gasteiger partial charge in [-0.25, -0.2) is 13.1 Å². The van der Waals surface area contributed by atoms with Crippen LogP contribution >= 0.6 is 27.7 Å². The predicted octanol–water partition coefficient (Wildman–Crippen LogP) is 3.74. The van der Waals surface area contributed by atoms with Crippen LogP contribution in [0, 0.1) is 0 Å². The number of aromatic nitrogens is 2. The van der Waals surface area contributed by atoms with Crippen LogP contribution in [0.4, 0.5) is 5.69 Å². The number of sulfonamides is 1. The quantitative estimate of drug-likeness (QED) is 0.477. The van der Waals surface area contributed by atoms with Gasteiger partial charge in [0, 0.05) is 59.8 Å². The number of anilines is 1. The average Bonchev–Trinajstić information content (AvgIpc) is 3.51. The van der Waals surface area contributed by atoms with Gasteiger partial charge in [0.25, 0.3) is 0 Å². The summed E-state index contributed by atoms with van der Waals surface area (Å²) in [6.07, 6.45) is 4.34. The van der Waals surface area contributed by atoms with Gasteiger partial charge in [0.15, 0.2) is 0 Å². The summed E-state index contributed by atoms with van der Waals surface area (Å²) in [7, 11) is -3.66. The highest BCUT2D eigenvalue weighted by molar-refractivity contribution is 9.10. The number of rotatable bonds is 10. The average molecular weight is 543 g/mol. The Labute approximate surface area is 203 Å². The Morgan fingerprint density at radius 1 is 1.22 bits per heavy atom. The van der Waals surface area contributed by atoms with Crippen molar-refractivity contribution in [3.05, 3.63) is 40.6 Å². The fraction of sp³-hybridized carbons (Fsp3) is 0.591. The standard InChI is InChI=1S/C22H32BrN5O2S2/c1-22(2,27-11-13-31-14-12-27)16-24-20-15-18(23)5-6-21(20)32(29,30)25-8-10-28-9-7-19(26-28)17-3-4-17/h5-7,9,15,17,24-25H,3-4,8,10-14,16H2,1-2H3. The van der Waals surface area contributed by atoms with E-state index in [4.69, 9.17) is 0 Å². The molecule has 0 atom stereocenters. The van der Waals surface area contributed by atoms with Gasteiger partial charge in [0.1, 0.15) is 4.90 Å². The van der Waals surface area contributed by atoms with Crippen LogP contribution in [0.5, 0.6) is 0 Å². The molecule has 2 heterocycles. The van der Waals surface area contributed by atoms with Crippen molar-refractivity contribution in [1.29, 1.82) is 0 Å². The van der Waals surface area contributed by atoms with Gasteiger partial charge >= 0.3 is 0 Å². The summed E-state index contributed by atoms with van der Waals surface area (Å²) < 4.78 is 31.6. The summed E-state index contributed by atoms with van der Waals surface area (Å²) >= 11 is 5.47. The molecule has 0 unspecified atom stereocenters. The maximum atomic E-state index is 13.1. The van der Waals surface area contributed by atoms with Crippen LogP contribution < -0.4 is 10.0 Å². The zero-order chi connectivity index (χ0) is 22.8. The van der Waals surface area contributed by atoms with Gasteiger partial charge < -0.3 is 5.32 Å². The van der Waals surface area contributed by atoms with E-state index in [1.54, 1.807) is 12.1 Å². The summed E-state index contributed by atoms with van der Waals surface area (Å²) in [4.78, 5) is 2.74. The Bertz CT molecular complexity index is 1030. The minimum atomic E-state index is -3.66. The van der Waals surface area contributed by atoms with E-state index in [1.165, 1.54) is 12.8 Å². The van der Waals surface area contributed by atoms with Crippen molar-refractivity contribution in [1.82, 2.24) is 19.4 Å². The van der Waals surface area contributed by atoms with E-state index >= 15 is 0 Å². The van der Waals surface area contributed by atoms with E-state index in [2.05, 4.69) is 49.8 Å². The molecule has 32 heavy (non-hydrogen) atoms. The van der Waals surface area contributed by atoms with Crippen LogP contribution in [-0.2, 0) is 16.6 Å². The van der Waals surface area contributed by atoms with Crippen molar-refractivity contribution in [3.8, 4) is 0 Å². The molecule has 2 aromatic rings. The Morgan fingerprint density at radius 2 is 1.97 bits per heavy atom. The first-order valence-corrected chi connectivity index (χ1v) is 14.6. The smallest absolute Gasteiger partial charge is 0.242 e. The highest BCUT2D eigenvalue weighted by atomic mass is 79.9. The number of thioether (sulfide) groups is 1. The first-order valence-electron chi connectivity index (χ1n) is 11.1.